The van der Waals surface area contributed by atoms with Crippen LogP contribution in [0, 0.1) is 0 Å². The summed E-state index contributed by atoms with van der Waals surface area (Å²) in [6.45, 7) is 6.90. The molecule has 0 aliphatic heterocycles. The van der Waals surface area contributed by atoms with Gasteiger partial charge >= 0.3 is 75.7 Å². The van der Waals surface area contributed by atoms with E-state index in [-0.39, 0.29) is 24.8 Å². The molecular weight excluding hydrogens is 262 g/mol. The predicted molar refractivity (Wildman–Crippen MR) is 44.8 cm³/mol. The van der Waals surface area contributed by atoms with Crippen LogP contribution < -0.4 is 24.8 Å². The monoisotopic (exact) mass is 274 g/mol. The molecule has 0 aromatic heterocycles. The van der Waals surface area contributed by atoms with Crippen molar-refractivity contribution in [2.45, 2.75) is 26.1 Å². The normalized spacial score (nSPS) is 14.7. The maximum absolute atomic E-state index is 10.8. The summed E-state index contributed by atoms with van der Waals surface area (Å²) >= 11 is -0.768. The molecule has 1 nitrogen and oxygen atoms in total. The minimum absolute atomic E-state index is 0. The van der Waals surface area contributed by atoms with Gasteiger partial charge in [-0.25, -0.2) is 0 Å². The molecule has 1 aliphatic rings. The fourth-order valence-electron chi connectivity index (χ4n) is 1.26. The van der Waals surface area contributed by atoms with Crippen LogP contribution in [0.1, 0.15) is 6.42 Å². The Labute approximate surface area is 100 Å². The molecule has 0 aromatic rings. The van der Waals surface area contributed by atoms with E-state index in [0.29, 0.717) is 0 Å². The van der Waals surface area contributed by atoms with Crippen LogP contribution in [0.15, 0.2) is 21.6 Å². The Morgan fingerprint density at radius 2 is 1.85 bits per heavy atom. The molecular formula is C8H13Cl2OSiV. The Balaban J connectivity index is 0. The Kier molecular flexibility index (Phi) is 7.68. The Hall–Kier alpha value is 0.661. The molecule has 0 bridgehead atoms. The number of rotatable bonds is 2. The summed E-state index contributed by atoms with van der Waals surface area (Å²) in [6, 6.07) is 0. The van der Waals surface area contributed by atoms with Gasteiger partial charge < -0.3 is 24.8 Å². The smallest absolute Gasteiger partial charge is 1.00 e. The molecule has 0 fully saturated rings. The fourth-order valence-corrected chi connectivity index (χ4v) is 5.16. The molecule has 0 spiro atoms. The van der Waals surface area contributed by atoms with Gasteiger partial charge in [0.2, 0.25) is 0 Å². The van der Waals surface area contributed by atoms with Gasteiger partial charge in [0.1, 0.15) is 0 Å². The van der Waals surface area contributed by atoms with Gasteiger partial charge in [0.25, 0.3) is 0 Å². The molecule has 0 heterocycles. The van der Waals surface area contributed by atoms with Gasteiger partial charge in [-0.1, -0.05) is 0 Å². The van der Waals surface area contributed by atoms with Gasteiger partial charge in [0.15, 0.2) is 0 Å². The maximum Gasteiger partial charge on any atom is -1.00 e. The van der Waals surface area contributed by atoms with E-state index in [1.807, 2.05) is 0 Å². The number of hydrogen-bond acceptors (Lipinski definition) is 1. The largest absolute Gasteiger partial charge is 1.00 e. The Bertz CT molecular complexity index is 243. The third-order valence-corrected chi connectivity index (χ3v) is 5.25. The average Bonchev–Trinajstić information content (AvgIpc) is 2.31. The van der Waals surface area contributed by atoms with Crippen molar-refractivity contribution in [3.8, 4) is 0 Å². The average molecular weight is 275 g/mol. The second-order valence-corrected chi connectivity index (χ2v) is 9.97. The van der Waals surface area contributed by atoms with E-state index in [9.17, 15) is 3.67 Å². The maximum atomic E-state index is 10.8. The van der Waals surface area contributed by atoms with E-state index < -0.39 is 24.3 Å². The topological polar surface area (TPSA) is 17.1 Å². The molecule has 0 N–H and O–H groups in total. The molecule has 0 amide bonds. The van der Waals surface area contributed by atoms with E-state index >= 15 is 0 Å². The van der Waals surface area contributed by atoms with Crippen LogP contribution in [0.3, 0.4) is 0 Å². The van der Waals surface area contributed by atoms with Gasteiger partial charge in [-0.05, 0) is 0 Å². The molecule has 0 radical (unpaired) electrons. The van der Waals surface area contributed by atoms with Crippen molar-refractivity contribution in [2.24, 2.45) is 0 Å². The van der Waals surface area contributed by atoms with Crippen molar-refractivity contribution >= 4 is 8.07 Å². The minimum atomic E-state index is -1.19. The summed E-state index contributed by atoms with van der Waals surface area (Å²) < 4.78 is 12.0. The zero-order valence-electron chi connectivity index (χ0n) is 7.97. The van der Waals surface area contributed by atoms with Crippen LogP contribution in [0.4, 0.5) is 0 Å². The van der Waals surface area contributed by atoms with Crippen molar-refractivity contribution in [1.29, 1.82) is 0 Å². The summed E-state index contributed by atoms with van der Waals surface area (Å²) in [5.74, 6) is 0. The first-order chi connectivity index (χ1) is 5.05. The van der Waals surface area contributed by atoms with E-state index in [4.69, 9.17) is 0 Å². The van der Waals surface area contributed by atoms with E-state index in [2.05, 4.69) is 31.8 Å². The zero-order valence-corrected chi connectivity index (χ0v) is 11.9. The summed E-state index contributed by atoms with van der Waals surface area (Å²) in [5, 5.41) is 1.42. The van der Waals surface area contributed by atoms with Crippen LogP contribution in [-0.2, 0) is 19.9 Å². The fraction of sp³-hybridized carbons (Fsp3) is 0.500. The van der Waals surface area contributed by atoms with E-state index in [1.54, 1.807) is 0 Å². The zero-order chi connectivity index (χ0) is 8.48. The van der Waals surface area contributed by atoms with Gasteiger partial charge in [0.05, 0.1) is 0 Å². The van der Waals surface area contributed by atoms with Gasteiger partial charge in [-0.3, -0.25) is 0 Å². The summed E-state index contributed by atoms with van der Waals surface area (Å²) in [7, 11) is -1.19. The molecule has 1 rings (SSSR count). The van der Waals surface area contributed by atoms with Crippen LogP contribution in [0.5, 0.6) is 0 Å². The van der Waals surface area contributed by atoms with Crippen molar-refractivity contribution in [3.63, 3.8) is 0 Å². The molecule has 13 heavy (non-hydrogen) atoms. The number of hydrogen-bond donors (Lipinski definition) is 0. The van der Waals surface area contributed by atoms with E-state index in [1.165, 1.54) is 9.48 Å². The predicted octanol–water partition coefficient (Wildman–Crippen LogP) is -3.49. The van der Waals surface area contributed by atoms with E-state index in [0.717, 1.165) is 6.42 Å². The SMILES string of the molecule is C[Si](C)(C)C1=[C]([V+2]=[O])CC=C1.[Cl-].[Cl-]. The molecule has 0 saturated carbocycles. The molecule has 0 aromatic carbocycles. The first-order valence-electron chi connectivity index (χ1n) is 3.79. The molecule has 0 atom stereocenters. The third kappa shape index (κ3) is 4.13. The van der Waals surface area contributed by atoms with Crippen molar-refractivity contribution in [2.75, 3.05) is 0 Å². The summed E-state index contributed by atoms with van der Waals surface area (Å²) in [6.07, 6.45) is 5.26. The number of halogens is 2. The third-order valence-electron chi connectivity index (χ3n) is 1.82. The van der Waals surface area contributed by atoms with Crippen molar-refractivity contribution in [3.05, 3.63) is 21.6 Å². The molecule has 1 aliphatic carbocycles. The van der Waals surface area contributed by atoms with Gasteiger partial charge in [-0.15, -0.1) is 0 Å². The first kappa shape index (κ1) is 16.1. The second-order valence-electron chi connectivity index (χ2n) is 3.81. The van der Waals surface area contributed by atoms with Crippen LogP contribution in [0.2, 0.25) is 19.6 Å². The van der Waals surface area contributed by atoms with Crippen LogP contribution in [0.25, 0.3) is 0 Å². The summed E-state index contributed by atoms with van der Waals surface area (Å²) in [5.41, 5.74) is 0. The number of allylic oxidation sites excluding steroid dienone is 4. The molecule has 0 unspecified atom stereocenters. The molecule has 74 valence electrons. The van der Waals surface area contributed by atoms with Gasteiger partial charge in [-0.2, -0.15) is 0 Å². The van der Waals surface area contributed by atoms with Crippen molar-refractivity contribution in [1.82, 2.24) is 0 Å². The van der Waals surface area contributed by atoms with Crippen molar-refractivity contribution < 1.29 is 44.7 Å². The minimum Gasteiger partial charge on any atom is -1.00 e. The summed E-state index contributed by atoms with van der Waals surface area (Å²) in [4.78, 5) is 0. The molecule has 0 saturated heterocycles. The van der Waals surface area contributed by atoms with Crippen LogP contribution in [-0.4, -0.2) is 8.07 Å². The molecule has 5 heteroatoms. The van der Waals surface area contributed by atoms with Gasteiger partial charge in [0, 0.05) is 0 Å². The first-order valence-corrected chi connectivity index (χ1v) is 8.56. The second kappa shape index (κ2) is 6.20. The quantitative estimate of drug-likeness (QED) is 0.478. The Morgan fingerprint density at radius 3 is 2.15 bits per heavy atom. The van der Waals surface area contributed by atoms with Crippen LogP contribution >= 0.6 is 0 Å². The Morgan fingerprint density at radius 1 is 1.31 bits per heavy atom. The standard InChI is InChI=1S/C8H13Si.2ClH.O.V/c1-9(2,3)8-6-4-5-7-8;;;;/h4,6H,5H2,1-3H3;2*1H;;/q;;;;+2/p-2.